The molecule has 0 saturated heterocycles. The van der Waals surface area contributed by atoms with Crippen molar-refractivity contribution < 1.29 is 4.79 Å². The first-order valence-electron chi connectivity index (χ1n) is 7.01. The SMILES string of the molecule is CCCCCCC(CC(=O)c1ccccc1)B(Cl)Cl. The van der Waals surface area contributed by atoms with E-state index in [1.54, 1.807) is 0 Å². The molecule has 0 aliphatic carbocycles. The first-order valence-corrected chi connectivity index (χ1v) is 7.88. The summed E-state index contributed by atoms with van der Waals surface area (Å²) in [6.07, 6.45) is 6.08. The molecule has 19 heavy (non-hydrogen) atoms. The summed E-state index contributed by atoms with van der Waals surface area (Å²) in [5.74, 6) is 0.195. The van der Waals surface area contributed by atoms with E-state index in [1.165, 1.54) is 19.3 Å². The van der Waals surface area contributed by atoms with E-state index >= 15 is 0 Å². The van der Waals surface area contributed by atoms with E-state index < -0.39 is 5.54 Å². The largest absolute Gasteiger partial charge is 0.355 e. The third-order valence-electron chi connectivity index (χ3n) is 3.33. The van der Waals surface area contributed by atoms with Gasteiger partial charge in [-0.15, -0.1) is 0 Å². The fraction of sp³-hybridized carbons (Fsp3) is 0.533. The number of rotatable bonds is 9. The number of unbranched alkanes of at least 4 members (excludes halogenated alkanes) is 3. The molecule has 0 spiro atoms. The highest BCUT2D eigenvalue weighted by molar-refractivity contribution is 7.34. The van der Waals surface area contributed by atoms with Crippen molar-refractivity contribution in [3.8, 4) is 0 Å². The Bertz CT molecular complexity index is 368. The van der Waals surface area contributed by atoms with Crippen molar-refractivity contribution in [2.24, 2.45) is 0 Å². The molecule has 0 N–H and O–H groups in total. The van der Waals surface area contributed by atoms with E-state index in [0.29, 0.717) is 6.42 Å². The number of hydrogen-bond donors (Lipinski definition) is 0. The van der Waals surface area contributed by atoms with Gasteiger partial charge >= 0.3 is 5.54 Å². The average Bonchev–Trinajstić information content (AvgIpc) is 2.42. The van der Waals surface area contributed by atoms with Crippen LogP contribution in [0.25, 0.3) is 0 Å². The van der Waals surface area contributed by atoms with Gasteiger partial charge in [-0.05, 0) is 5.82 Å². The number of carbonyl (C=O) groups is 1. The molecule has 0 radical (unpaired) electrons. The Balaban J connectivity index is 2.47. The summed E-state index contributed by atoms with van der Waals surface area (Å²) < 4.78 is 0. The van der Waals surface area contributed by atoms with Gasteiger partial charge < -0.3 is 0 Å². The normalized spacial score (nSPS) is 12.2. The highest BCUT2D eigenvalue weighted by Gasteiger charge is 2.24. The molecule has 0 fully saturated rings. The van der Waals surface area contributed by atoms with Crippen molar-refractivity contribution in [1.29, 1.82) is 0 Å². The zero-order valence-corrected chi connectivity index (χ0v) is 13.0. The number of benzene rings is 1. The van der Waals surface area contributed by atoms with E-state index in [4.69, 9.17) is 22.9 Å². The van der Waals surface area contributed by atoms with Gasteiger partial charge in [0.05, 0.1) is 0 Å². The lowest BCUT2D eigenvalue weighted by atomic mass is 9.76. The molecule has 0 aromatic heterocycles. The zero-order valence-electron chi connectivity index (χ0n) is 11.4. The quantitative estimate of drug-likeness (QED) is 0.331. The van der Waals surface area contributed by atoms with Gasteiger partial charge in [-0.3, -0.25) is 4.79 Å². The van der Waals surface area contributed by atoms with Gasteiger partial charge in [0, 0.05) is 12.0 Å². The van der Waals surface area contributed by atoms with Crippen LogP contribution in [0, 0.1) is 0 Å². The summed E-state index contributed by atoms with van der Waals surface area (Å²) in [6.45, 7) is 2.18. The highest BCUT2D eigenvalue weighted by Crippen LogP contribution is 2.29. The van der Waals surface area contributed by atoms with Crippen LogP contribution >= 0.6 is 22.9 Å². The third kappa shape index (κ3) is 6.49. The van der Waals surface area contributed by atoms with Gasteiger partial charge in [0.1, 0.15) is 0 Å². The number of ketones is 1. The van der Waals surface area contributed by atoms with E-state index in [2.05, 4.69) is 6.92 Å². The maximum atomic E-state index is 12.1. The minimum Gasteiger partial charge on any atom is -0.294 e. The minimum atomic E-state index is -0.464. The third-order valence-corrected chi connectivity index (χ3v) is 4.04. The Kier molecular flexibility index (Phi) is 8.24. The van der Waals surface area contributed by atoms with Gasteiger partial charge in [-0.1, -0.05) is 69.4 Å². The molecule has 0 bridgehead atoms. The maximum Gasteiger partial charge on any atom is 0.355 e. The Hall–Kier alpha value is -0.465. The molecular weight excluding hydrogens is 278 g/mol. The minimum absolute atomic E-state index is 0.0629. The Morgan fingerprint density at radius 1 is 1.16 bits per heavy atom. The van der Waals surface area contributed by atoms with Crippen molar-refractivity contribution >= 4 is 34.2 Å². The van der Waals surface area contributed by atoms with Gasteiger partial charge in [0.15, 0.2) is 5.78 Å². The molecule has 4 heteroatoms. The number of Topliss-reactive ketones (excluding diaryl/α,β-unsaturated/α-hetero) is 1. The lowest BCUT2D eigenvalue weighted by molar-refractivity contribution is 0.0979. The summed E-state index contributed by atoms with van der Waals surface area (Å²) in [6, 6.07) is 9.34. The van der Waals surface area contributed by atoms with Crippen LogP contribution in [-0.4, -0.2) is 11.3 Å². The van der Waals surface area contributed by atoms with Crippen LogP contribution in [0.2, 0.25) is 5.82 Å². The topological polar surface area (TPSA) is 17.1 Å². The van der Waals surface area contributed by atoms with Crippen molar-refractivity contribution in [2.45, 2.75) is 51.3 Å². The maximum absolute atomic E-state index is 12.1. The fourth-order valence-electron chi connectivity index (χ4n) is 2.13. The summed E-state index contributed by atoms with van der Waals surface area (Å²) >= 11 is 12.0. The Morgan fingerprint density at radius 2 is 1.84 bits per heavy atom. The number of carbonyl (C=O) groups excluding carboxylic acids is 1. The molecule has 0 saturated carbocycles. The molecule has 0 aliphatic rings. The van der Waals surface area contributed by atoms with Crippen molar-refractivity contribution in [3.05, 3.63) is 35.9 Å². The van der Waals surface area contributed by atoms with Crippen LogP contribution in [0.3, 0.4) is 0 Å². The highest BCUT2D eigenvalue weighted by atomic mass is 35.5. The predicted molar refractivity (Wildman–Crippen MR) is 85.4 cm³/mol. The van der Waals surface area contributed by atoms with Crippen LogP contribution in [0.4, 0.5) is 0 Å². The Labute approximate surface area is 126 Å². The lowest BCUT2D eigenvalue weighted by Crippen LogP contribution is -2.13. The Morgan fingerprint density at radius 3 is 2.42 bits per heavy atom. The summed E-state index contributed by atoms with van der Waals surface area (Å²) in [4.78, 5) is 12.1. The van der Waals surface area contributed by atoms with Crippen molar-refractivity contribution in [3.63, 3.8) is 0 Å². The van der Waals surface area contributed by atoms with E-state index in [-0.39, 0.29) is 11.6 Å². The monoisotopic (exact) mass is 298 g/mol. The number of hydrogen-bond acceptors (Lipinski definition) is 1. The molecule has 0 aliphatic heterocycles. The zero-order chi connectivity index (χ0) is 14.1. The molecule has 1 nitrogen and oxygen atoms in total. The smallest absolute Gasteiger partial charge is 0.294 e. The van der Waals surface area contributed by atoms with Crippen LogP contribution < -0.4 is 0 Å². The van der Waals surface area contributed by atoms with E-state index in [1.807, 2.05) is 30.3 Å². The van der Waals surface area contributed by atoms with E-state index in [9.17, 15) is 4.79 Å². The first kappa shape index (κ1) is 16.6. The van der Waals surface area contributed by atoms with Gasteiger partial charge in [0.2, 0.25) is 0 Å². The summed E-state index contributed by atoms with van der Waals surface area (Å²) in [7, 11) is 0. The molecule has 1 rings (SSSR count). The van der Waals surface area contributed by atoms with Crippen molar-refractivity contribution in [1.82, 2.24) is 0 Å². The number of halogens is 2. The molecule has 0 heterocycles. The molecule has 1 aromatic rings. The van der Waals surface area contributed by atoms with E-state index in [0.717, 1.165) is 18.4 Å². The van der Waals surface area contributed by atoms with Crippen LogP contribution in [0.1, 0.15) is 55.8 Å². The van der Waals surface area contributed by atoms with Gasteiger partial charge in [-0.25, -0.2) is 0 Å². The molecule has 1 aromatic carbocycles. The molecule has 1 atom stereocenters. The van der Waals surface area contributed by atoms with Gasteiger partial charge in [0.25, 0.3) is 0 Å². The van der Waals surface area contributed by atoms with Crippen LogP contribution in [0.15, 0.2) is 30.3 Å². The standard InChI is InChI=1S/C15H21BCl2O/c1-2-3-4-8-11-14(16(17)18)12-15(19)13-9-6-5-7-10-13/h5-7,9-10,14H,2-4,8,11-12H2,1H3. The second-order valence-electron chi connectivity index (χ2n) is 4.94. The second-order valence-corrected chi connectivity index (χ2v) is 6.10. The average molecular weight is 299 g/mol. The molecule has 0 amide bonds. The van der Waals surface area contributed by atoms with Crippen LogP contribution in [-0.2, 0) is 0 Å². The molecular formula is C15H21BCl2O. The first-order chi connectivity index (χ1) is 9.15. The predicted octanol–water partition coefficient (Wildman–Crippen LogP) is 5.57. The van der Waals surface area contributed by atoms with Crippen LogP contribution in [0.5, 0.6) is 0 Å². The lowest BCUT2D eigenvalue weighted by Gasteiger charge is -2.15. The summed E-state index contributed by atoms with van der Waals surface area (Å²) in [5.41, 5.74) is 0.282. The van der Waals surface area contributed by atoms with Crippen molar-refractivity contribution in [2.75, 3.05) is 0 Å². The summed E-state index contributed by atoms with van der Waals surface area (Å²) in [5, 5.41) is 0. The van der Waals surface area contributed by atoms with Gasteiger partial charge in [-0.2, -0.15) is 22.9 Å². The molecule has 1 unspecified atom stereocenters. The second kappa shape index (κ2) is 9.44. The fourth-order valence-corrected chi connectivity index (χ4v) is 2.56. The molecule has 104 valence electrons.